The van der Waals surface area contributed by atoms with Crippen LogP contribution in [0.25, 0.3) is 0 Å². The number of benzene rings is 1. The van der Waals surface area contributed by atoms with Crippen LogP contribution in [-0.4, -0.2) is 113 Å². The first-order valence-corrected chi connectivity index (χ1v) is 23.1. The molecule has 2 aliphatic carbocycles. The molecule has 0 spiro atoms. The molecule has 4 fully saturated rings. The number of carbonyl (C=O) groups is 5. The fraction of sp³-hybridized carbons (Fsp3) is 0.632. The largest absolute Gasteiger partial charge is 0.384 e. The van der Waals surface area contributed by atoms with Gasteiger partial charge in [0.2, 0.25) is 21.7 Å². The number of aromatic nitrogens is 3. The number of likely N-dealkylation sites (tertiary alicyclic amines) is 1. The minimum absolute atomic E-state index is 0.00172. The van der Waals surface area contributed by atoms with Gasteiger partial charge in [0.15, 0.2) is 9.84 Å². The second-order valence-corrected chi connectivity index (χ2v) is 20.6. The molecule has 0 bridgehead atoms. The van der Waals surface area contributed by atoms with Gasteiger partial charge in [0.25, 0.3) is 17.7 Å². The molecule has 20 heteroatoms. The lowest BCUT2D eigenvalue weighted by molar-refractivity contribution is -0.143. The number of rotatable bonds is 13. The van der Waals surface area contributed by atoms with Crippen LogP contribution >= 0.6 is 0 Å². The monoisotopic (exact) mass is 844 g/mol. The Morgan fingerprint density at radius 3 is 2.21 bits per heavy atom. The number of nitrogens with zero attached hydrogens (tertiary/aromatic N) is 5. The highest BCUT2D eigenvalue weighted by Crippen LogP contribution is 2.34. The van der Waals surface area contributed by atoms with Crippen LogP contribution in [-0.2, 0) is 44.6 Å². The predicted octanol–water partition coefficient (Wildman–Crippen LogP) is 1.24. The Hall–Kier alpha value is -4.40. The summed E-state index contributed by atoms with van der Waals surface area (Å²) >= 11 is 0. The number of aliphatic hydroxyl groups is 1. The average Bonchev–Trinajstić information content (AvgIpc) is 3.97. The van der Waals surface area contributed by atoms with Crippen molar-refractivity contribution in [1.29, 1.82) is 0 Å². The normalized spacial score (nSPS) is 23.1. The van der Waals surface area contributed by atoms with E-state index in [0.29, 0.717) is 5.69 Å². The fourth-order valence-electron chi connectivity index (χ4n) is 8.57. The zero-order chi connectivity index (χ0) is 42.0. The van der Waals surface area contributed by atoms with Gasteiger partial charge in [-0.15, -0.1) is 5.10 Å². The van der Waals surface area contributed by atoms with Crippen molar-refractivity contribution in [3.05, 3.63) is 41.7 Å². The third kappa shape index (κ3) is 9.72. The predicted molar refractivity (Wildman–Crippen MR) is 209 cm³/mol. The summed E-state index contributed by atoms with van der Waals surface area (Å²) in [6.07, 6.45) is 8.35. The molecule has 2 atom stereocenters. The number of amides is 4. The van der Waals surface area contributed by atoms with E-state index in [1.807, 2.05) is 0 Å². The zero-order valence-electron chi connectivity index (χ0n) is 32.8. The number of hydrogen-bond donors (Lipinski definition) is 4. The van der Waals surface area contributed by atoms with Crippen LogP contribution in [0.1, 0.15) is 119 Å². The highest BCUT2D eigenvalue weighted by Gasteiger charge is 2.50. The number of carbonyl (C=O) groups excluding carboxylic acids is 5. The topological polar surface area (TPSA) is 270 Å². The molecular weight excluding hydrogens is 793 g/mol. The smallest absolute Gasteiger partial charge is 0.287 e. The first-order valence-electron chi connectivity index (χ1n) is 19.8. The molecule has 4 aliphatic rings. The van der Waals surface area contributed by atoms with Crippen molar-refractivity contribution < 1.29 is 45.9 Å². The molecule has 1 aromatic heterocycles. The van der Waals surface area contributed by atoms with Gasteiger partial charge in [-0.3, -0.25) is 24.0 Å². The lowest BCUT2D eigenvalue weighted by Gasteiger charge is -2.37. The van der Waals surface area contributed by atoms with Gasteiger partial charge in [-0.1, -0.05) is 50.2 Å². The number of nitrogens with two attached hydrogens (primary N) is 1. The summed E-state index contributed by atoms with van der Waals surface area (Å²) in [5.74, 6) is -5.89. The van der Waals surface area contributed by atoms with E-state index in [2.05, 4.69) is 25.3 Å². The van der Waals surface area contributed by atoms with Gasteiger partial charge in [-0.05, 0) is 76.1 Å². The summed E-state index contributed by atoms with van der Waals surface area (Å²) in [7, 11) is -7.40. The molecule has 2 saturated heterocycles. The van der Waals surface area contributed by atoms with Crippen molar-refractivity contribution in [1.82, 2.24) is 29.9 Å². The highest BCUT2D eigenvalue weighted by molar-refractivity contribution is 7.91. The molecule has 316 valence electrons. The molecule has 18 nitrogen and oxygen atoms in total. The Balaban J connectivity index is 1.33. The Morgan fingerprint density at radius 1 is 0.983 bits per heavy atom. The quantitative estimate of drug-likeness (QED) is 0.164. The van der Waals surface area contributed by atoms with Gasteiger partial charge in [0.1, 0.15) is 22.9 Å². The molecule has 2 saturated carbocycles. The summed E-state index contributed by atoms with van der Waals surface area (Å²) in [5.41, 5.74) is 2.22. The highest BCUT2D eigenvalue weighted by atomic mass is 32.2. The van der Waals surface area contributed by atoms with Crippen LogP contribution in [0, 0.1) is 5.92 Å². The standard InChI is InChI=1S/C38H52N8O10S2/c1-37(2,52)31-22-40-44-46(31)27-21-30(35(50)42-38(32(47)33(39)48)16-18-57(53,54)19-17-38)45(23-27)36(51)29(20-24-8-4-3-5-9-24)41-34(49)25-12-14-28(15-13-25)58(55,56)43-26-10-6-7-11-26/h12-15,22,24,26-27,30,43,52H,3-11,16-21,23H2,1-2H3,(H2,39,48)(H,42,50)/t27-,30-/m0/s1. The van der Waals surface area contributed by atoms with E-state index >= 15 is 0 Å². The third-order valence-electron chi connectivity index (χ3n) is 11.9. The van der Waals surface area contributed by atoms with E-state index in [-0.39, 0.29) is 47.5 Å². The van der Waals surface area contributed by atoms with E-state index in [4.69, 9.17) is 5.73 Å². The first kappa shape index (κ1) is 43.2. The molecule has 2 aliphatic heterocycles. The third-order valence-corrected chi connectivity index (χ3v) is 15.1. The number of sulfonamides is 1. The van der Waals surface area contributed by atoms with Gasteiger partial charge in [-0.25, -0.2) is 31.2 Å². The number of hydrogen-bond acceptors (Lipinski definition) is 12. The minimum Gasteiger partial charge on any atom is -0.384 e. The van der Waals surface area contributed by atoms with Crippen molar-refractivity contribution in [2.24, 2.45) is 16.6 Å². The lowest BCUT2D eigenvalue weighted by atomic mass is 9.85. The maximum absolute atomic E-state index is 14.8. The first-order chi connectivity index (χ1) is 27.3. The van der Waals surface area contributed by atoms with Gasteiger partial charge in [-0.2, -0.15) is 0 Å². The lowest BCUT2D eigenvalue weighted by Crippen LogP contribution is -2.64. The summed E-state index contributed by atoms with van der Waals surface area (Å²) < 4.78 is 54.9. The second kappa shape index (κ2) is 17.1. The summed E-state index contributed by atoms with van der Waals surface area (Å²) in [6.45, 7) is 2.89. The molecule has 3 heterocycles. The number of nitrogens with one attached hydrogen (secondary N) is 2. The molecule has 2 aromatic rings. The van der Waals surface area contributed by atoms with Crippen molar-refractivity contribution in [2.75, 3.05) is 18.1 Å². The van der Waals surface area contributed by atoms with E-state index in [1.54, 1.807) is 0 Å². The molecule has 6 rings (SSSR count). The van der Waals surface area contributed by atoms with E-state index in [1.165, 1.54) is 53.9 Å². The molecule has 4 amide bonds. The number of aliphatic imine (C=N–C) groups is 1. The minimum atomic E-state index is -3.83. The molecule has 0 radical (unpaired) electrons. The SMILES string of the molecule is CC(C)(O)c1cnnn1[C@H]1C[C@@H](C(=O)NC2(C(=O)C(N)=O)CCS(=O)(=O)CC2)N(C(=O)C(CC2CCCCC2)=NC(=O)c2ccc(S(=O)(=O)NC3CCCC3)cc2)C1. The van der Waals surface area contributed by atoms with Gasteiger partial charge in [0.05, 0.1) is 34.3 Å². The molecule has 58 heavy (non-hydrogen) atoms. The summed E-state index contributed by atoms with van der Waals surface area (Å²) in [5, 5.41) is 21.6. The van der Waals surface area contributed by atoms with Crippen molar-refractivity contribution >= 4 is 55.0 Å². The molecule has 1 aromatic carbocycles. The molecule has 0 unspecified atom stereocenters. The maximum atomic E-state index is 14.8. The number of Topliss-reactive ketones (excluding diaryl/α,β-unsaturated/α-hetero) is 1. The number of primary amides is 1. The number of ketones is 1. The Kier molecular flexibility index (Phi) is 12.7. The summed E-state index contributed by atoms with van der Waals surface area (Å²) in [6, 6.07) is 3.07. The maximum Gasteiger partial charge on any atom is 0.287 e. The van der Waals surface area contributed by atoms with Crippen LogP contribution in [0.4, 0.5) is 0 Å². The molecule has 5 N–H and O–H groups in total. The van der Waals surface area contributed by atoms with Crippen LogP contribution in [0.5, 0.6) is 0 Å². The van der Waals surface area contributed by atoms with Crippen LogP contribution in [0.15, 0.2) is 40.4 Å². The van der Waals surface area contributed by atoms with E-state index in [0.717, 1.165) is 57.8 Å². The van der Waals surface area contributed by atoms with Crippen molar-refractivity contribution in [3.63, 3.8) is 0 Å². The summed E-state index contributed by atoms with van der Waals surface area (Å²) in [4.78, 5) is 73.9. The fourth-order valence-corrected chi connectivity index (χ4v) is 11.4. The Labute approximate surface area is 337 Å². The Morgan fingerprint density at radius 2 is 1.60 bits per heavy atom. The Bertz CT molecular complexity index is 2150. The van der Waals surface area contributed by atoms with Crippen molar-refractivity contribution in [2.45, 2.75) is 131 Å². The van der Waals surface area contributed by atoms with Crippen LogP contribution in [0.2, 0.25) is 0 Å². The second-order valence-electron chi connectivity index (χ2n) is 16.6. The zero-order valence-corrected chi connectivity index (χ0v) is 34.4. The van der Waals surface area contributed by atoms with Gasteiger partial charge >= 0.3 is 0 Å². The number of sulfone groups is 1. The van der Waals surface area contributed by atoms with Crippen LogP contribution in [0.3, 0.4) is 0 Å². The van der Waals surface area contributed by atoms with E-state index < -0.39 is 96.8 Å². The van der Waals surface area contributed by atoms with E-state index in [9.17, 15) is 45.9 Å². The van der Waals surface area contributed by atoms with Gasteiger partial charge in [0, 0.05) is 24.6 Å². The van der Waals surface area contributed by atoms with Gasteiger partial charge < -0.3 is 21.1 Å². The average molecular weight is 845 g/mol. The van der Waals surface area contributed by atoms with Crippen LogP contribution < -0.4 is 15.8 Å². The van der Waals surface area contributed by atoms with Crippen molar-refractivity contribution in [3.8, 4) is 0 Å². The molecular formula is C38H52N8O10S2.